The van der Waals surface area contributed by atoms with E-state index in [2.05, 4.69) is 18.8 Å². The molecule has 0 aromatic heterocycles. The normalized spacial score (nSPS) is 23.8. The quantitative estimate of drug-likeness (QED) is 0.747. The molecule has 1 fully saturated rings. The summed E-state index contributed by atoms with van der Waals surface area (Å²) in [5, 5.41) is 0. The summed E-state index contributed by atoms with van der Waals surface area (Å²) < 4.78 is 0. The number of aliphatic imine (C=N–C) groups is 1. The van der Waals surface area contributed by atoms with Crippen molar-refractivity contribution in [3.05, 3.63) is 35.4 Å². The lowest BCUT2D eigenvalue weighted by Gasteiger charge is -2.34. The molecule has 2 aliphatic rings. The summed E-state index contributed by atoms with van der Waals surface area (Å²) in [5.41, 5.74) is 12.9. The second-order valence-corrected chi connectivity index (χ2v) is 9.41. The van der Waals surface area contributed by atoms with Crippen LogP contribution in [0.4, 0.5) is 0 Å². The number of amides is 2. The SMILES string of the molecule is CC(C)CC1(C)N=C(N)N(CC2CCN(C(=O)c3cccc(C(C)N)c3)CC2)C1=O. The van der Waals surface area contributed by atoms with Gasteiger partial charge in [0.2, 0.25) is 0 Å². The minimum Gasteiger partial charge on any atom is -0.369 e. The fraction of sp³-hybridized carbons (Fsp3) is 0.609. The molecule has 164 valence electrons. The highest BCUT2D eigenvalue weighted by Gasteiger charge is 2.44. The van der Waals surface area contributed by atoms with E-state index in [4.69, 9.17) is 11.5 Å². The van der Waals surface area contributed by atoms with E-state index in [0.29, 0.717) is 49.4 Å². The molecule has 0 spiro atoms. The van der Waals surface area contributed by atoms with Gasteiger partial charge in [-0.25, -0.2) is 4.99 Å². The summed E-state index contributed by atoms with van der Waals surface area (Å²) >= 11 is 0. The summed E-state index contributed by atoms with van der Waals surface area (Å²) in [6, 6.07) is 7.45. The maximum absolute atomic E-state index is 12.9. The van der Waals surface area contributed by atoms with Gasteiger partial charge in [-0.1, -0.05) is 26.0 Å². The van der Waals surface area contributed by atoms with Crippen LogP contribution < -0.4 is 11.5 Å². The first-order valence-electron chi connectivity index (χ1n) is 10.9. The topological polar surface area (TPSA) is 105 Å². The molecule has 4 N–H and O–H groups in total. The van der Waals surface area contributed by atoms with Crippen LogP contribution in [-0.4, -0.2) is 52.7 Å². The smallest absolute Gasteiger partial charge is 0.257 e. The van der Waals surface area contributed by atoms with E-state index in [-0.39, 0.29) is 17.9 Å². The minimum absolute atomic E-state index is 0.0000691. The zero-order valence-electron chi connectivity index (χ0n) is 18.6. The Bertz CT molecular complexity index is 827. The number of carbonyl (C=O) groups excluding carboxylic acids is 2. The van der Waals surface area contributed by atoms with Gasteiger partial charge in [0, 0.05) is 31.2 Å². The third kappa shape index (κ3) is 4.67. The van der Waals surface area contributed by atoms with Crippen molar-refractivity contribution >= 4 is 17.8 Å². The van der Waals surface area contributed by atoms with Crippen molar-refractivity contribution in [2.75, 3.05) is 19.6 Å². The van der Waals surface area contributed by atoms with Gasteiger partial charge in [-0.05, 0) is 62.6 Å². The number of rotatable bonds is 6. The van der Waals surface area contributed by atoms with Gasteiger partial charge in [0.05, 0.1) is 0 Å². The van der Waals surface area contributed by atoms with Crippen molar-refractivity contribution < 1.29 is 9.59 Å². The Morgan fingerprint density at radius 2 is 1.93 bits per heavy atom. The lowest BCUT2D eigenvalue weighted by Crippen LogP contribution is -2.47. The summed E-state index contributed by atoms with van der Waals surface area (Å²) in [4.78, 5) is 33.9. The first-order valence-corrected chi connectivity index (χ1v) is 10.9. The predicted octanol–water partition coefficient (Wildman–Crippen LogP) is 2.52. The number of likely N-dealkylation sites (tertiary alicyclic amines) is 1. The van der Waals surface area contributed by atoms with Crippen LogP contribution in [0.2, 0.25) is 0 Å². The second-order valence-electron chi connectivity index (χ2n) is 9.41. The number of hydrogen-bond acceptors (Lipinski definition) is 5. The van der Waals surface area contributed by atoms with Crippen molar-refractivity contribution in [3.63, 3.8) is 0 Å². The van der Waals surface area contributed by atoms with Crippen LogP contribution >= 0.6 is 0 Å². The summed E-state index contributed by atoms with van der Waals surface area (Å²) in [7, 11) is 0. The van der Waals surface area contributed by atoms with Crippen molar-refractivity contribution in [2.24, 2.45) is 28.3 Å². The Hall–Kier alpha value is -2.41. The number of benzene rings is 1. The maximum Gasteiger partial charge on any atom is 0.257 e. The van der Waals surface area contributed by atoms with Gasteiger partial charge in [0.1, 0.15) is 5.54 Å². The highest BCUT2D eigenvalue weighted by atomic mass is 16.2. The van der Waals surface area contributed by atoms with E-state index in [1.807, 2.05) is 43.0 Å². The lowest BCUT2D eigenvalue weighted by atomic mass is 9.90. The monoisotopic (exact) mass is 413 g/mol. The fourth-order valence-electron chi connectivity index (χ4n) is 4.57. The number of hydrogen-bond donors (Lipinski definition) is 2. The van der Waals surface area contributed by atoms with Crippen LogP contribution in [-0.2, 0) is 4.79 Å². The third-order valence-electron chi connectivity index (χ3n) is 6.15. The van der Waals surface area contributed by atoms with Gasteiger partial charge >= 0.3 is 0 Å². The minimum atomic E-state index is -0.750. The number of nitrogens with two attached hydrogens (primary N) is 2. The molecule has 1 saturated heterocycles. The van der Waals surface area contributed by atoms with Crippen LogP contribution in [0.5, 0.6) is 0 Å². The number of nitrogens with zero attached hydrogens (tertiary/aromatic N) is 3. The van der Waals surface area contributed by atoms with Crippen molar-refractivity contribution in [1.82, 2.24) is 9.80 Å². The Morgan fingerprint density at radius 3 is 2.53 bits per heavy atom. The Balaban J connectivity index is 1.57. The third-order valence-corrected chi connectivity index (χ3v) is 6.15. The molecule has 0 saturated carbocycles. The van der Waals surface area contributed by atoms with E-state index < -0.39 is 5.54 Å². The molecule has 2 unspecified atom stereocenters. The largest absolute Gasteiger partial charge is 0.369 e. The lowest BCUT2D eigenvalue weighted by molar-refractivity contribution is -0.131. The van der Waals surface area contributed by atoms with Crippen LogP contribution in [0.1, 0.15) is 68.9 Å². The highest BCUT2D eigenvalue weighted by Crippen LogP contribution is 2.30. The van der Waals surface area contributed by atoms with E-state index in [9.17, 15) is 9.59 Å². The number of piperidine rings is 1. The van der Waals surface area contributed by atoms with Crippen molar-refractivity contribution in [1.29, 1.82) is 0 Å². The molecule has 30 heavy (non-hydrogen) atoms. The average molecular weight is 414 g/mol. The van der Waals surface area contributed by atoms with Crippen molar-refractivity contribution in [3.8, 4) is 0 Å². The zero-order valence-corrected chi connectivity index (χ0v) is 18.6. The summed E-state index contributed by atoms with van der Waals surface area (Å²) in [6.07, 6.45) is 2.38. The van der Waals surface area contributed by atoms with Gasteiger partial charge in [0.15, 0.2) is 5.96 Å². The van der Waals surface area contributed by atoms with E-state index >= 15 is 0 Å². The molecular weight excluding hydrogens is 378 g/mol. The fourth-order valence-corrected chi connectivity index (χ4v) is 4.57. The molecule has 2 heterocycles. The molecule has 1 aromatic carbocycles. The van der Waals surface area contributed by atoms with Crippen LogP contribution in [0.15, 0.2) is 29.3 Å². The average Bonchev–Trinajstić information content (AvgIpc) is 2.90. The molecule has 2 atom stereocenters. The van der Waals surface area contributed by atoms with Crippen LogP contribution in [0, 0.1) is 11.8 Å². The molecule has 2 aliphatic heterocycles. The molecule has 1 aromatic rings. The Labute approximate surface area is 179 Å². The Kier molecular flexibility index (Phi) is 6.50. The summed E-state index contributed by atoms with van der Waals surface area (Å²) in [6.45, 7) is 9.88. The van der Waals surface area contributed by atoms with Gasteiger partial charge in [-0.2, -0.15) is 0 Å². The summed E-state index contributed by atoms with van der Waals surface area (Å²) in [5.74, 6) is 1.04. The molecule has 2 amide bonds. The first kappa shape index (κ1) is 22.3. The standard InChI is InChI=1S/C23H35N5O2/c1-15(2)13-23(4)21(30)28(22(25)26-23)14-17-8-10-27(11-9-17)20(29)19-7-5-6-18(12-19)16(3)24/h5-7,12,15-17H,8-11,13-14,24H2,1-4H3,(H2,25,26). The van der Waals surface area contributed by atoms with Gasteiger partial charge < -0.3 is 16.4 Å². The molecule has 3 rings (SSSR count). The number of guanidine groups is 1. The predicted molar refractivity (Wildman–Crippen MR) is 119 cm³/mol. The first-order chi connectivity index (χ1) is 14.1. The molecule has 0 aliphatic carbocycles. The van der Waals surface area contributed by atoms with Crippen LogP contribution in [0.3, 0.4) is 0 Å². The highest BCUT2D eigenvalue weighted by molar-refractivity contribution is 6.06. The van der Waals surface area contributed by atoms with E-state index in [0.717, 1.165) is 18.4 Å². The van der Waals surface area contributed by atoms with E-state index in [1.54, 1.807) is 4.90 Å². The molecule has 7 heteroatoms. The van der Waals surface area contributed by atoms with Crippen molar-refractivity contribution in [2.45, 2.75) is 58.5 Å². The molecular formula is C23H35N5O2. The second kappa shape index (κ2) is 8.76. The maximum atomic E-state index is 12.9. The van der Waals surface area contributed by atoms with Crippen LogP contribution in [0.25, 0.3) is 0 Å². The Morgan fingerprint density at radius 1 is 1.27 bits per heavy atom. The zero-order chi connectivity index (χ0) is 22.1. The molecule has 7 nitrogen and oxygen atoms in total. The van der Waals surface area contributed by atoms with Gasteiger partial charge in [-0.15, -0.1) is 0 Å². The molecule has 0 bridgehead atoms. The van der Waals surface area contributed by atoms with Gasteiger partial charge in [-0.3, -0.25) is 14.5 Å². The molecule has 0 radical (unpaired) electrons. The number of carbonyl (C=O) groups is 2. The van der Waals surface area contributed by atoms with Gasteiger partial charge in [0.25, 0.3) is 11.8 Å². The van der Waals surface area contributed by atoms with E-state index in [1.165, 1.54) is 0 Å².